The summed E-state index contributed by atoms with van der Waals surface area (Å²) in [5.41, 5.74) is 1.73. The maximum Gasteiger partial charge on any atom is 0.275 e. The third-order valence-electron chi connectivity index (χ3n) is 3.24. The summed E-state index contributed by atoms with van der Waals surface area (Å²) in [6, 6.07) is 3.34. The Morgan fingerprint density at radius 3 is 2.74 bits per heavy atom. The van der Waals surface area contributed by atoms with Crippen LogP contribution >= 0.6 is 11.3 Å². The van der Waals surface area contributed by atoms with Gasteiger partial charge in [-0.15, -0.1) is 11.3 Å². The Labute approximate surface area is 135 Å². The summed E-state index contributed by atoms with van der Waals surface area (Å²) < 4.78 is 0. The van der Waals surface area contributed by atoms with Crippen LogP contribution in [0.4, 0.5) is 5.69 Å². The van der Waals surface area contributed by atoms with Gasteiger partial charge in [0.25, 0.3) is 11.5 Å². The number of anilines is 1. The number of aromatic amines is 1. The number of nitrogens with one attached hydrogen (secondary N) is 2. The third kappa shape index (κ3) is 3.16. The first-order valence-corrected chi connectivity index (χ1v) is 7.67. The van der Waals surface area contributed by atoms with Crippen LogP contribution in [0.25, 0.3) is 10.8 Å². The normalized spacial score (nSPS) is 10.5. The van der Waals surface area contributed by atoms with E-state index in [1.54, 1.807) is 36.8 Å². The molecule has 3 heterocycles. The molecule has 0 radical (unpaired) electrons. The molecule has 1 amide bonds. The molecule has 0 atom stereocenters. The quantitative estimate of drug-likeness (QED) is 0.767. The average Bonchev–Trinajstić information content (AvgIpc) is 3.03. The Hall–Kier alpha value is -2.87. The molecule has 2 N–H and O–H groups in total. The highest BCUT2D eigenvalue weighted by Gasteiger charge is 2.15. The Morgan fingerprint density at radius 1 is 1.26 bits per heavy atom. The van der Waals surface area contributed by atoms with Crippen molar-refractivity contribution >= 4 is 22.9 Å². The fraction of sp³-hybridized carbons (Fsp3) is 0.133. The second-order valence-electron chi connectivity index (χ2n) is 4.88. The van der Waals surface area contributed by atoms with Crippen molar-refractivity contribution in [1.29, 1.82) is 0 Å². The van der Waals surface area contributed by atoms with Gasteiger partial charge >= 0.3 is 0 Å². The average molecular weight is 327 g/mol. The Morgan fingerprint density at radius 2 is 2.00 bits per heavy atom. The van der Waals surface area contributed by atoms with E-state index in [-0.39, 0.29) is 16.9 Å². The molecule has 0 saturated heterocycles. The van der Waals surface area contributed by atoms with E-state index in [0.717, 1.165) is 11.3 Å². The molecular weight excluding hydrogens is 314 g/mol. The van der Waals surface area contributed by atoms with Gasteiger partial charge in [0, 0.05) is 23.5 Å². The second kappa shape index (κ2) is 6.09. The third-order valence-corrected chi connectivity index (χ3v) is 4.08. The fourth-order valence-corrected chi connectivity index (χ4v) is 2.64. The zero-order valence-corrected chi connectivity index (χ0v) is 13.3. The summed E-state index contributed by atoms with van der Waals surface area (Å²) in [6.45, 7) is 3.66. The van der Waals surface area contributed by atoms with Crippen LogP contribution in [0.3, 0.4) is 0 Å². The van der Waals surface area contributed by atoms with Gasteiger partial charge in [0.15, 0.2) is 10.8 Å². The highest BCUT2D eigenvalue weighted by Crippen LogP contribution is 2.20. The van der Waals surface area contributed by atoms with Gasteiger partial charge in [-0.2, -0.15) is 0 Å². The first kappa shape index (κ1) is 15.0. The van der Waals surface area contributed by atoms with Crippen molar-refractivity contribution in [1.82, 2.24) is 19.9 Å². The molecule has 0 fully saturated rings. The number of pyridine rings is 1. The number of aryl methyl sites for hydroxylation is 2. The first-order valence-electron chi connectivity index (χ1n) is 6.79. The highest BCUT2D eigenvalue weighted by molar-refractivity contribution is 7.13. The number of nitrogens with zero attached hydrogens (tertiary/aromatic N) is 3. The molecule has 0 unspecified atom stereocenters. The second-order valence-corrected chi connectivity index (χ2v) is 5.74. The summed E-state index contributed by atoms with van der Waals surface area (Å²) in [7, 11) is 0. The predicted octanol–water partition coefficient (Wildman–Crippen LogP) is 2.16. The van der Waals surface area contributed by atoms with E-state index in [2.05, 4.69) is 25.3 Å². The lowest BCUT2D eigenvalue weighted by Gasteiger charge is -2.05. The number of rotatable bonds is 3. The zero-order chi connectivity index (χ0) is 16.4. The van der Waals surface area contributed by atoms with Crippen molar-refractivity contribution in [2.75, 3.05) is 5.32 Å². The highest BCUT2D eigenvalue weighted by atomic mass is 32.1. The van der Waals surface area contributed by atoms with Crippen molar-refractivity contribution in [3.8, 4) is 10.8 Å². The monoisotopic (exact) mass is 327 g/mol. The SMILES string of the molecule is Cc1cc(NC(=O)c2csc(-c3ncccn3)n2)c(=O)[nH]c1C. The van der Waals surface area contributed by atoms with E-state index < -0.39 is 5.91 Å². The van der Waals surface area contributed by atoms with Crippen LogP contribution in [-0.2, 0) is 0 Å². The van der Waals surface area contributed by atoms with Gasteiger partial charge in [-0.05, 0) is 31.5 Å². The molecule has 7 nitrogen and oxygen atoms in total. The maximum atomic E-state index is 12.2. The van der Waals surface area contributed by atoms with E-state index in [0.29, 0.717) is 10.8 Å². The van der Waals surface area contributed by atoms with E-state index in [1.165, 1.54) is 11.3 Å². The molecule has 8 heteroatoms. The summed E-state index contributed by atoms with van der Waals surface area (Å²) in [4.78, 5) is 39.2. The van der Waals surface area contributed by atoms with Crippen molar-refractivity contribution in [3.63, 3.8) is 0 Å². The van der Waals surface area contributed by atoms with Crippen LogP contribution in [0.1, 0.15) is 21.7 Å². The largest absolute Gasteiger partial charge is 0.324 e. The summed E-state index contributed by atoms with van der Waals surface area (Å²) in [5, 5.41) is 4.73. The molecule has 0 spiro atoms. The number of H-pyrrole nitrogens is 1. The lowest BCUT2D eigenvalue weighted by molar-refractivity contribution is 0.102. The van der Waals surface area contributed by atoms with Crippen molar-refractivity contribution in [3.05, 3.63) is 57.2 Å². The number of carbonyl (C=O) groups is 1. The molecule has 0 aliphatic carbocycles. The summed E-state index contributed by atoms with van der Waals surface area (Å²) in [6.07, 6.45) is 3.22. The minimum Gasteiger partial charge on any atom is -0.324 e. The van der Waals surface area contributed by atoms with Crippen LogP contribution in [0.2, 0.25) is 0 Å². The van der Waals surface area contributed by atoms with Crippen LogP contribution in [0.15, 0.2) is 34.7 Å². The Bertz CT molecular complexity index is 917. The number of aromatic nitrogens is 4. The minimum absolute atomic E-state index is 0.198. The Balaban J connectivity index is 1.84. The number of amides is 1. The zero-order valence-electron chi connectivity index (χ0n) is 12.5. The van der Waals surface area contributed by atoms with E-state index in [9.17, 15) is 9.59 Å². The summed E-state index contributed by atoms with van der Waals surface area (Å²) in [5.74, 6) is 0.0118. The summed E-state index contributed by atoms with van der Waals surface area (Å²) >= 11 is 1.27. The lowest BCUT2D eigenvalue weighted by atomic mass is 10.2. The van der Waals surface area contributed by atoms with Crippen LogP contribution < -0.4 is 10.9 Å². The van der Waals surface area contributed by atoms with Crippen molar-refractivity contribution in [2.24, 2.45) is 0 Å². The number of hydrogen-bond acceptors (Lipinski definition) is 6. The molecule has 116 valence electrons. The van der Waals surface area contributed by atoms with Crippen molar-refractivity contribution < 1.29 is 4.79 Å². The fourth-order valence-electron chi connectivity index (χ4n) is 1.90. The van der Waals surface area contributed by atoms with E-state index >= 15 is 0 Å². The molecule has 0 aliphatic rings. The van der Waals surface area contributed by atoms with E-state index in [4.69, 9.17) is 0 Å². The van der Waals surface area contributed by atoms with Gasteiger partial charge in [0.05, 0.1) is 0 Å². The van der Waals surface area contributed by atoms with Crippen molar-refractivity contribution in [2.45, 2.75) is 13.8 Å². The number of thiazole rings is 1. The molecular formula is C15H13N5O2S. The topological polar surface area (TPSA) is 101 Å². The van der Waals surface area contributed by atoms with Crippen LogP contribution in [0, 0.1) is 13.8 Å². The number of carbonyl (C=O) groups excluding carboxylic acids is 1. The van der Waals surface area contributed by atoms with Gasteiger partial charge in [0.1, 0.15) is 11.4 Å². The molecule has 0 aromatic carbocycles. The first-order chi connectivity index (χ1) is 11.0. The molecule has 3 aromatic heterocycles. The molecule has 3 aromatic rings. The smallest absolute Gasteiger partial charge is 0.275 e. The lowest BCUT2D eigenvalue weighted by Crippen LogP contribution is -2.21. The molecule has 3 rings (SSSR count). The van der Waals surface area contributed by atoms with E-state index in [1.807, 2.05) is 6.92 Å². The maximum absolute atomic E-state index is 12.2. The Kier molecular flexibility index (Phi) is 3.98. The minimum atomic E-state index is -0.447. The van der Waals surface area contributed by atoms with Gasteiger partial charge in [-0.1, -0.05) is 0 Å². The number of hydrogen-bond donors (Lipinski definition) is 2. The van der Waals surface area contributed by atoms with Crippen LogP contribution in [0.5, 0.6) is 0 Å². The van der Waals surface area contributed by atoms with Gasteiger partial charge in [-0.25, -0.2) is 15.0 Å². The standard InChI is InChI=1S/C15H13N5O2S/c1-8-6-10(13(21)18-9(8)2)19-14(22)11-7-23-15(20-11)12-16-4-3-5-17-12/h3-7H,1-2H3,(H,18,21)(H,19,22). The van der Waals surface area contributed by atoms with Crippen LogP contribution in [-0.4, -0.2) is 25.8 Å². The van der Waals surface area contributed by atoms with Gasteiger partial charge < -0.3 is 10.3 Å². The predicted molar refractivity (Wildman–Crippen MR) is 87.6 cm³/mol. The van der Waals surface area contributed by atoms with Gasteiger partial charge in [-0.3, -0.25) is 9.59 Å². The molecule has 23 heavy (non-hydrogen) atoms. The molecule has 0 aliphatic heterocycles. The molecule has 0 bridgehead atoms. The van der Waals surface area contributed by atoms with Gasteiger partial charge in [0.2, 0.25) is 0 Å². The molecule has 0 saturated carbocycles.